The number of hydrogen-bond donors (Lipinski definition) is 4. The van der Waals surface area contributed by atoms with Crippen molar-refractivity contribution in [3.63, 3.8) is 0 Å². The van der Waals surface area contributed by atoms with Crippen molar-refractivity contribution in [2.75, 3.05) is 98.8 Å². The van der Waals surface area contributed by atoms with Gasteiger partial charge < -0.3 is 48.2 Å². The Morgan fingerprint density at radius 1 is 0.806 bits per heavy atom. The lowest BCUT2D eigenvalue weighted by Gasteiger charge is -2.19. The summed E-state index contributed by atoms with van der Waals surface area (Å²) in [5.41, 5.74) is 1.85. The number of nitrogens with one attached hydrogen (secondary N) is 1. The number of pyridine rings is 1. The second kappa shape index (κ2) is 31.8. The van der Waals surface area contributed by atoms with Gasteiger partial charge in [0.05, 0.1) is 68.4 Å². The molecule has 0 saturated carbocycles. The third-order valence-corrected chi connectivity index (χ3v) is 14.4. The summed E-state index contributed by atoms with van der Waals surface area (Å²) in [7, 11) is -7.20. The molecular weight excluding hydrogens is 1020 g/mol. The normalized spacial score (nSPS) is 13.1. The fraction of sp³-hybridized carbons (Fsp3) is 0.523. The summed E-state index contributed by atoms with van der Waals surface area (Å²) in [6.07, 6.45) is 2.91. The predicted octanol–water partition coefficient (Wildman–Crippen LogP) is 6.05. The second-order valence-corrected chi connectivity index (χ2v) is 20.6. The molecular formula is C44H64N8O16P4+2. The minimum atomic E-state index is -4.10. The molecule has 4 atom stereocenters. The number of rotatable bonds is 35. The number of hydrogen-bond acceptors (Lipinski definition) is 19. The molecule has 1 aromatic carbocycles. The summed E-state index contributed by atoms with van der Waals surface area (Å²) in [5.74, 6) is 5.81. The molecule has 0 aliphatic rings. The summed E-state index contributed by atoms with van der Waals surface area (Å²) in [4.78, 5) is 53.7. The molecule has 0 radical (unpaired) electrons. The van der Waals surface area contributed by atoms with Crippen LogP contribution in [0, 0.1) is 11.8 Å². The highest BCUT2D eigenvalue weighted by molar-refractivity contribution is 7.52. The minimum absolute atomic E-state index is 0.00434. The van der Waals surface area contributed by atoms with Gasteiger partial charge in [-0.1, -0.05) is 11.8 Å². The van der Waals surface area contributed by atoms with E-state index in [4.69, 9.17) is 57.3 Å². The van der Waals surface area contributed by atoms with Gasteiger partial charge in [0, 0.05) is 64.3 Å². The summed E-state index contributed by atoms with van der Waals surface area (Å²) >= 11 is 0. The standard InChI is InChI=1S/C44H62N8O16P4/c1-7-65-69(56)30-49(31-70(57)66-8-2)28-36-15-18-51(47-36)41-24-34(25-42(46-41)52-19-16-37(48-52)29-50(32-71(58)67-9-3)33-72(59,60)68-10-4)13-14-35-26-40(64-23-21-62-6)38(27-39(35)63-22-20-61-5)44(55)45-17-11-12-43(53)54/h15-16,18-19,24-27,56H,7-12,17,20-23,28-33H2,1-6H3,(H-2,45,53,54,55,59,60)/p+2. The van der Waals surface area contributed by atoms with Gasteiger partial charge >= 0.3 is 29.6 Å². The van der Waals surface area contributed by atoms with E-state index in [2.05, 4.69) is 17.2 Å². The van der Waals surface area contributed by atoms with Crippen LogP contribution in [-0.2, 0) is 59.1 Å². The number of nitrogens with zero attached hydrogens (tertiary/aromatic N) is 7. The molecule has 1 amide bonds. The molecule has 24 nitrogen and oxygen atoms in total. The van der Waals surface area contributed by atoms with Crippen molar-refractivity contribution in [1.82, 2.24) is 39.7 Å². The van der Waals surface area contributed by atoms with E-state index in [1.165, 1.54) is 34.5 Å². The Kier molecular flexibility index (Phi) is 26.5. The van der Waals surface area contributed by atoms with Gasteiger partial charge in [-0.2, -0.15) is 10.2 Å². The molecule has 0 aliphatic carbocycles. The molecule has 3 heterocycles. The van der Waals surface area contributed by atoms with Crippen LogP contribution in [-0.4, -0.2) is 160 Å². The molecule has 0 spiro atoms. The maximum atomic E-state index is 13.5. The topological polar surface area (TPSA) is 287 Å². The Morgan fingerprint density at radius 2 is 1.39 bits per heavy atom. The summed E-state index contributed by atoms with van der Waals surface area (Å²) < 4.78 is 84.8. The first-order chi connectivity index (χ1) is 34.6. The number of carboxylic acid groups (broad SMARTS) is 1. The maximum absolute atomic E-state index is 13.5. The molecule has 28 heteroatoms. The van der Waals surface area contributed by atoms with E-state index in [1.807, 2.05) is 0 Å². The number of ether oxygens (including phenoxy) is 4. The SMILES string of the molecule is CCOP(O)CN(Cc1ccn(-c2cc(C#Cc3cc(OCCOC)c(C(=O)NCCCC(=O)O)cc3OCCOC)cc(-n3ccc(CN(C[P+](=O)OCC)CP(=O)(O)OCC)n3)n2)n1)C[P+](=O)OCC. The number of methoxy groups -OCH3 is 2. The molecule has 0 bridgehead atoms. The lowest BCUT2D eigenvalue weighted by Crippen LogP contribution is -2.26. The highest BCUT2D eigenvalue weighted by Gasteiger charge is 2.31. The lowest BCUT2D eigenvalue weighted by molar-refractivity contribution is -0.137. The average Bonchev–Trinajstić information content (AvgIpc) is 4.00. The average molecular weight is 1080 g/mol. The fourth-order valence-corrected chi connectivity index (χ4v) is 10.7. The summed E-state index contributed by atoms with van der Waals surface area (Å²) in [5, 5.41) is 21.3. The van der Waals surface area contributed by atoms with Crippen molar-refractivity contribution in [3.05, 3.63) is 76.9 Å². The number of carbonyl (C=O) groups excluding carboxylic acids is 1. The van der Waals surface area contributed by atoms with E-state index < -0.39 is 50.2 Å². The number of aromatic nitrogens is 5. The fourth-order valence-electron chi connectivity index (χ4n) is 6.48. The first-order valence-corrected chi connectivity index (χ1v) is 28.7. The number of benzene rings is 1. The number of aliphatic carboxylic acids is 1. The van der Waals surface area contributed by atoms with Crippen molar-refractivity contribution >= 4 is 43.9 Å². The lowest BCUT2D eigenvalue weighted by atomic mass is 10.1. The number of carbonyl (C=O) groups is 2. The smallest absolute Gasteiger partial charge is 0.490 e. The Bertz CT molecular complexity index is 2500. The van der Waals surface area contributed by atoms with Gasteiger partial charge in [0.15, 0.2) is 20.0 Å². The van der Waals surface area contributed by atoms with E-state index in [0.29, 0.717) is 34.9 Å². The maximum Gasteiger partial charge on any atom is 0.524 e. The van der Waals surface area contributed by atoms with Crippen molar-refractivity contribution < 1.29 is 75.2 Å². The third-order valence-electron chi connectivity index (χ3n) is 9.42. The molecule has 4 N–H and O–H groups in total. The van der Waals surface area contributed by atoms with Crippen LogP contribution in [0.25, 0.3) is 11.6 Å². The molecule has 394 valence electrons. The van der Waals surface area contributed by atoms with Crippen LogP contribution in [0.2, 0.25) is 0 Å². The molecule has 0 aliphatic heterocycles. The third kappa shape index (κ3) is 21.1. The van der Waals surface area contributed by atoms with Crippen LogP contribution in [0.15, 0.2) is 48.8 Å². The molecule has 0 saturated heterocycles. The monoisotopic (exact) mass is 1080 g/mol. The predicted molar refractivity (Wildman–Crippen MR) is 266 cm³/mol. The van der Waals surface area contributed by atoms with Gasteiger partial charge in [0.25, 0.3) is 5.91 Å². The molecule has 72 heavy (non-hydrogen) atoms. The zero-order valence-electron chi connectivity index (χ0n) is 41.2. The van der Waals surface area contributed by atoms with Crippen LogP contribution >= 0.6 is 32.0 Å². The van der Waals surface area contributed by atoms with Crippen LogP contribution in [0.5, 0.6) is 11.5 Å². The highest BCUT2D eigenvalue weighted by atomic mass is 31.2. The van der Waals surface area contributed by atoms with Crippen molar-refractivity contribution in [2.45, 2.75) is 53.6 Å². The molecule has 4 unspecified atom stereocenters. The van der Waals surface area contributed by atoms with E-state index in [9.17, 15) is 33.1 Å². The van der Waals surface area contributed by atoms with Gasteiger partial charge in [-0.25, -0.2) is 24.1 Å². The Labute approximate surface area is 421 Å². The Balaban J connectivity index is 1.84. The van der Waals surface area contributed by atoms with Gasteiger partial charge in [0.1, 0.15) is 31.0 Å². The van der Waals surface area contributed by atoms with Gasteiger partial charge in [0.2, 0.25) is 12.6 Å². The quantitative estimate of drug-likeness (QED) is 0.0232. The first kappa shape index (κ1) is 59.9. The van der Waals surface area contributed by atoms with E-state index >= 15 is 0 Å². The molecule has 4 aromatic rings. The Morgan fingerprint density at radius 3 is 1.94 bits per heavy atom. The number of amides is 1. The van der Waals surface area contributed by atoms with Crippen molar-refractivity contribution in [3.8, 4) is 35.0 Å². The van der Waals surface area contributed by atoms with Crippen LogP contribution in [0.3, 0.4) is 0 Å². The van der Waals surface area contributed by atoms with E-state index in [-0.39, 0.29) is 120 Å². The molecule has 4 rings (SSSR count). The zero-order chi connectivity index (χ0) is 52.5. The van der Waals surface area contributed by atoms with Gasteiger partial charge in [-0.05, 0) is 73.6 Å². The molecule has 0 fully saturated rings. The zero-order valence-corrected chi connectivity index (χ0v) is 44.8. The van der Waals surface area contributed by atoms with Gasteiger partial charge in [-0.3, -0.25) is 14.2 Å². The summed E-state index contributed by atoms with van der Waals surface area (Å²) in [6, 6.07) is 9.83. The van der Waals surface area contributed by atoms with Gasteiger partial charge in [-0.15, -0.1) is 9.05 Å². The van der Waals surface area contributed by atoms with Crippen LogP contribution < -0.4 is 14.8 Å². The van der Waals surface area contributed by atoms with Crippen LogP contribution in [0.4, 0.5) is 0 Å². The highest BCUT2D eigenvalue weighted by Crippen LogP contribution is 2.43. The van der Waals surface area contributed by atoms with Crippen LogP contribution in [0.1, 0.15) is 73.4 Å². The number of carboxylic acids is 1. The summed E-state index contributed by atoms with van der Waals surface area (Å²) in [6.45, 7) is 8.41. The van der Waals surface area contributed by atoms with Crippen molar-refractivity contribution in [2.24, 2.45) is 0 Å². The van der Waals surface area contributed by atoms with Crippen molar-refractivity contribution in [1.29, 1.82) is 0 Å². The largest absolute Gasteiger partial charge is 0.524 e. The second-order valence-electron chi connectivity index (χ2n) is 15.2. The Hall–Kier alpha value is -4.65. The molecule has 3 aromatic heterocycles. The van der Waals surface area contributed by atoms with E-state index in [1.54, 1.807) is 75.3 Å². The first-order valence-electron chi connectivity index (χ1n) is 22.8. The minimum Gasteiger partial charge on any atom is -0.490 e. The van der Waals surface area contributed by atoms with E-state index in [0.717, 1.165) is 0 Å².